The summed E-state index contributed by atoms with van der Waals surface area (Å²) in [5.41, 5.74) is 5.41. The summed E-state index contributed by atoms with van der Waals surface area (Å²) < 4.78 is 55.1. The summed E-state index contributed by atoms with van der Waals surface area (Å²) in [4.78, 5) is 8.90. The molecule has 0 aliphatic carbocycles. The lowest BCUT2D eigenvalue weighted by Crippen LogP contribution is -2.58. The number of aliphatic carboxylic acids is 1. The zero-order valence-electron chi connectivity index (χ0n) is 8.94. The van der Waals surface area contributed by atoms with Crippen LogP contribution in [0.3, 0.4) is 0 Å². The van der Waals surface area contributed by atoms with Crippen molar-refractivity contribution in [3.63, 3.8) is 0 Å². The SMILES string of the molecule is CCS(=O)(=O)N1CC(N)C1.O=C(O)C(F)(F)F. The molecule has 17 heavy (non-hydrogen) atoms. The lowest BCUT2D eigenvalue weighted by molar-refractivity contribution is -0.192. The second-order valence-electron chi connectivity index (χ2n) is 3.28. The van der Waals surface area contributed by atoms with E-state index in [0.29, 0.717) is 13.1 Å². The molecule has 0 amide bonds. The molecule has 0 spiro atoms. The molecule has 1 aliphatic rings. The summed E-state index contributed by atoms with van der Waals surface area (Å²) in [6, 6.07) is 0.0568. The Morgan fingerprint density at radius 2 is 1.82 bits per heavy atom. The number of carboxylic acids is 1. The maximum absolute atomic E-state index is 11.0. The van der Waals surface area contributed by atoms with E-state index in [0.717, 1.165) is 0 Å². The highest BCUT2D eigenvalue weighted by atomic mass is 32.2. The first kappa shape index (κ1) is 16.1. The van der Waals surface area contributed by atoms with Crippen molar-refractivity contribution in [2.24, 2.45) is 5.73 Å². The van der Waals surface area contributed by atoms with E-state index in [1.807, 2.05) is 0 Å². The van der Waals surface area contributed by atoms with E-state index in [1.54, 1.807) is 6.92 Å². The van der Waals surface area contributed by atoms with Gasteiger partial charge in [0.15, 0.2) is 0 Å². The van der Waals surface area contributed by atoms with Gasteiger partial charge in [-0.3, -0.25) is 0 Å². The molecular weight excluding hydrogens is 265 g/mol. The smallest absolute Gasteiger partial charge is 0.475 e. The van der Waals surface area contributed by atoms with Gasteiger partial charge in [0.1, 0.15) is 0 Å². The van der Waals surface area contributed by atoms with Crippen LogP contribution in [0.1, 0.15) is 6.92 Å². The highest BCUT2D eigenvalue weighted by Gasteiger charge is 2.38. The van der Waals surface area contributed by atoms with Crippen LogP contribution in [0.5, 0.6) is 0 Å². The third kappa shape index (κ3) is 5.33. The Bertz CT molecular complexity index is 362. The molecule has 0 bridgehead atoms. The Labute approximate surface area is 96.2 Å². The van der Waals surface area contributed by atoms with E-state index in [2.05, 4.69) is 0 Å². The number of carboxylic acid groups (broad SMARTS) is 1. The van der Waals surface area contributed by atoms with E-state index < -0.39 is 22.2 Å². The van der Waals surface area contributed by atoms with Crippen molar-refractivity contribution >= 4 is 16.0 Å². The first-order valence-corrected chi connectivity index (χ1v) is 6.15. The van der Waals surface area contributed by atoms with Gasteiger partial charge in [-0.2, -0.15) is 17.5 Å². The predicted octanol–water partition coefficient (Wildman–Crippen LogP) is -0.388. The van der Waals surface area contributed by atoms with E-state index in [1.165, 1.54) is 4.31 Å². The van der Waals surface area contributed by atoms with Crippen LogP contribution >= 0.6 is 0 Å². The molecule has 1 saturated heterocycles. The number of alkyl halides is 3. The average Bonchev–Trinajstić information content (AvgIpc) is 2.12. The van der Waals surface area contributed by atoms with E-state index in [4.69, 9.17) is 15.6 Å². The lowest BCUT2D eigenvalue weighted by Gasteiger charge is -2.35. The standard InChI is InChI=1S/C5H12N2O2S.C2HF3O2/c1-2-10(8,9)7-3-5(6)4-7;3-2(4,5)1(6)7/h5H,2-4,6H2,1H3;(H,6,7). The van der Waals surface area contributed by atoms with Gasteiger partial charge in [-0.1, -0.05) is 0 Å². The number of hydrogen-bond acceptors (Lipinski definition) is 4. The Kier molecular flexibility index (Phi) is 5.36. The zero-order chi connectivity index (χ0) is 13.9. The normalized spacial score (nSPS) is 17.9. The van der Waals surface area contributed by atoms with Crippen LogP contribution in [0.25, 0.3) is 0 Å². The van der Waals surface area contributed by atoms with Gasteiger partial charge >= 0.3 is 12.1 Å². The molecule has 102 valence electrons. The summed E-state index contributed by atoms with van der Waals surface area (Å²) >= 11 is 0. The number of sulfonamides is 1. The Hall–Kier alpha value is -0.870. The van der Waals surface area contributed by atoms with Crippen LogP contribution in [-0.4, -0.2) is 54.9 Å². The van der Waals surface area contributed by atoms with Crippen molar-refractivity contribution in [2.45, 2.75) is 19.1 Å². The van der Waals surface area contributed by atoms with Crippen LogP contribution in [0.4, 0.5) is 13.2 Å². The van der Waals surface area contributed by atoms with Crippen molar-refractivity contribution in [2.75, 3.05) is 18.8 Å². The van der Waals surface area contributed by atoms with E-state index in [9.17, 15) is 21.6 Å². The molecule has 0 unspecified atom stereocenters. The maximum atomic E-state index is 11.0. The third-order valence-electron chi connectivity index (χ3n) is 1.88. The minimum absolute atomic E-state index is 0.0568. The minimum Gasteiger partial charge on any atom is -0.475 e. The fraction of sp³-hybridized carbons (Fsp3) is 0.857. The quantitative estimate of drug-likeness (QED) is 0.716. The third-order valence-corrected chi connectivity index (χ3v) is 3.69. The van der Waals surface area contributed by atoms with Gasteiger partial charge < -0.3 is 10.8 Å². The molecule has 1 rings (SSSR count). The molecular formula is C7H13F3N2O4S. The Balaban J connectivity index is 0.000000325. The molecule has 1 aliphatic heterocycles. The highest BCUT2D eigenvalue weighted by molar-refractivity contribution is 7.89. The molecule has 0 radical (unpaired) electrons. The molecule has 0 aromatic heterocycles. The molecule has 6 nitrogen and oxygen atoms in total. The summed E-state index contributed by atoms with van der Waals surface area (Å²) in [6.07, 6.45) is -5.08. The summed E-state index contributed by atoms with van der Waals surface area (Å²) in [7, 11) is -2.94. The number of nitrogens with zero attached hydrogens (tertiary/aromatic N) is 1. The fourth-order valence-corrected chi connectivity index (χ4v) is 2.08. The Morgan fingerprint density at radius 1 is 1.47 bits per heavy atom. The molecule has 3 N–H and O–H groups in total. The first-order valence-electron chi connectivity index (χ1n) is 4.54. The minimum atomic E-state index is -5.08. The number of nitrogens with two attached hydrogens (primary N) is 1. The molecule has 10 heteroatoms. The summed E-state index contributed by atoms with van der Waals surface area (Å²) in [6.45, 7) is 2.63. The molecule has 0 atom stereocenters. The van der Waals surface area contributed by atoms with Gasteiger partial charge in [0.2, 0.25) is 10.0 Å². The number of hydrogen-bond donors (Lipinski definition) is 2. The lowest BCUT2D eigenvalue weighted by atomic mass is 10.2. The van der Waals surface area contributed by atoms with Crippen molar-refractivity contribution < 1.29 is 31.5 Å². The van der Waals surface area contributed by atoms with Crippen LogP contribution in [0.15, 0.2) is 0 Å². The van der Waals surface area contributed by atoms with Crippen molar-refractivity contribution in [3.05, 3.63) is 0 Å². The predicted molar refractivity (Wildman–Crippen MR) is 52.7 cm³/mol. The van der Waals surface area contributed by atoms with Gasteiger partial charge in [0.25, 0.3) is 0 Å². The van der Waals surface area contributed by atoms with Crippen LogP contribution in [0.2, 0.25) is 0 Å². The van der Waals surface area contributed by atoms with Crippen LogP contribution < -0.4 is 5.73 Å². The van der Waals surface area contributed by atoms with Gasteiger partial charge in [-0.15, -0.1) is 0 Å². The molecule has 1 heterocycles. The Morgan fingerprint density at radius 3 is 2.00 bits per heavy atom. The summed E-state index contributed by atoms with van der Waals surface area (Å²) in [5.74, 6) is -2.58. The molecule has 0 aromatic carbocycles. The summed E-state index contributed by atoms with van der Waals surface area (Å²) in [5, 5.41) is 7.12. The second kappa shape index (κ2) is 5.65. The molecule has 1 fully saturated rings. The number of halogens is 3. The van der Waals surface area contributed by atoms with Crippen molar-refractivity contribution in [3.8, 4) is 0 Å². The second-order valence-corrected chi connectivity index (χ2v) is 5.54. The van der Waals surface area contributed by atoms with Crippen molar-refractivity contribution in [1.82, 2.24) is 4.31 Å². The van der Waals surface area contributed by atoms with E-state index in [-0.39, 0.29) is 11.8 Å². The van der Waals surface area contributed by atoms with Crippen LogP contribution in [-0.2, 0) is 14.8 Å². The van der Waals surface area contributed by atoms with Gasteiger partial charge in [-0.05, 0) is 6.92 Å². The van der Waals surface area contributed by atoms with Gasteiger partial charge in [0.05, 0.1) is 5.75 Å². The van der Waals surface area contributed by atoms with Crippen molar-refractivity contribution in [1.29, 1.82) is 0 Å². The average molecular weight is 278 g/mol. The molecule has 0 aromatic rings. The monoisotopic (exact) mass is 278 g/mol. The van der Waals surface area contributed by atoms with Crippen LogP contribution in [0, 0.1) is 0 Å². The van der Waals surface area contributed by atoms with E-state index >= 15 is 0 Å². The number of rotatable bonds is 2. The van der Waals surface area contributed by atoms with Gasteiger partial charge in [0, 0.05) is 19.1 Å². The maximum Gasteiger partial charge on any atom is 0.490 e. The van der Waals surface area contributed by atoms with Gasteiger partial charge in [-0.25, -0.2) is 13.2 Å². The number of carbonyl (C=O) groups is 1. The fourth-order valence-electron chi connectivity index (χ4n) is 0.879. The largest absolute Gasteiger partial charge is 0.490 e. The molecule has 0 saturated carbocycles. The topological polar surface area (TPSA) is 101 Å². The highest BCUT2D eigenvalue weighted by Crippen LogP contribution is 2.13. The first-order chi connectivity index (χ1) is 7.50. The zero-order valence-corrected chi connectivity index (χ0v) is 9.75.